The van der Waals surface area contributed by atoms with Crippen LogP contribution >= 0.6 is 0 Å². The Hall–Kier alpha value is -1.55. The van der Waals surface area contributed by atoms with Crippen LogP contribution in [0.5, 0.6) is 0 Å². The van der Waals surface area contributed by atoms with E-state index in [0.29, 0.717) is 6.54 Å². The number of hydrazine groups is 1. The molecule has 4 nitrogen and oxygen atoms in total. The first-order valence-corrected chi connectivity index (χ1v) is 6.75. The van der Waals surface area contributed by atoms with Crippen LogP contribution < -0.4 is 10.9 Å². The maximum Gasteiger partial charge on any atom is 0.422 e. The number of carbonyl (C=O) groups is 1. The summed E-state index contributed by atoms with van der Waals surface area (Å²) in [6, 6.07) is 8.53. The van der Waals surface area contributed by atoms with Crippen molar-refractivity contribution in [3.8, 4) is 0 Å². The van der Waals surface area contributed by atoms with Gasteiger partial charge in [-0.05, 0) is 50.7 Å². The molecule has 1 saturated carbocycles. The number of hydrogen-bond acceptors (Lipinski definition) is 3. The molecule has 0 aliphatic heterocycles. The molecular weight excluding hydrogens is 240 g/mol. The summed E-state index contributed by atoms with van der Waals surface area (Å²) in [5, 5.41) is 0. The molecule has 1 fully saturated rings. The number of nitrogens with one attached hydrogen (secondary N) is 2. The fourth-order valence-corrected chi connectivity index (χ4v) is 1.85. The molecule has 2 N–H and O–H groups in total. The number of benzene rings is 1. The molecule has 2 rings (SSSR count). The Bertz CT molecular complexity index is 430. The lowest BCUT2D eigenvalue weighted by molar-refractivity contribution is 0.0497. The van der Waals surface area contributed by atoms with E-state index in [1.165, 1.54) is 18.4 Å². The van der Waals surface area contributed by atoms with Crippen molar-refractivity contribution in [3.05, 3.63) is 35.4 Å². The number of rotatable bonds is 4. The van der Waals surface area contributed by atoms with Crippen molar-refractivity contribution >= 4 is 6.09 Å². The molecule has 0 unspecified atom stereocenters. The molecular formula is C15H22N2O2. The van der Waals surface area contributed by atoms with Crippen molar-refractivity contribution in [3.63, 3.8) is 0 Å². The Balaban J connectivity index is 1.71. The Kier molecular flexibility index (Phi) is 4.10. The molecule has 0 heterocycles. The minimum Gasteiger partial charge on any atom is -0.443 e. The molecule has 1 aromatic rings. The molecule has 0 radical (unpaired) electrons. The Morgan fingerprint density at radius 3 is 2.42 bits per heavy atom. The molecule has 0 aromatic heterocycles. The highest BCUT2D eigenvalue weighted by atomic mass is 16.6. The second-order valence-corrected chi connectivity index (χ2v) is 6.00. The highest BCUT2D eigenvalue weighted by Gasteiger charge is 2.22. The minimum atomic E-state index is -0.475. The van der Waals surface area contributed by atoms with Gasteiger partial charge in [-0.25, -0.2) is 10.2 Å². The second kappa shape index (κ2) is 5.61. The molecule has 1 aliphatic rings. The zero-order valence-corrected chi connectivity index (χ0v) is 11.8. The fourth-order valence-electron chi connectivity index (χ4n) is 1.85. The van der Waals surface area contributed by atoms with Gasteiger partial charge in [0.15, 0.2) is 0 Å². The highest BCUT2D eigenvalue weighted by molar-refractivity contribution is 5.66. The molecule has 104 valence electrons. The van der Waals surface area contributed by atoms with E-state index in [4.69, 9.17) is 4.74 Å². The Labute approximate surface area is 114 Å². The maximum absolute atomic E-state index is 11.4. The van der Waals surface area contributed by atoms with Crippen LogP contribution in [-0.2, 0) is 11.3 Å². The van der Waals surface area contributed by atoms with Gasteiger partial charge in [0.1, 0.15) is 5.60 Å². The molecule has 0 spiro atoms. The third-order valence-corrected chi connectivity index (χ3v) is 2.91. The van der Waals surface area contributed by atoms with Gasteiger partial charge < -0.3 is 4.74 Å². The molecule has 1 aliphatic carbocycles. The van der Waals surface area contributed by atoms with Crippen molar-refractivity contribution in [2.45, 2.75) is 51.7 Å². The van der Waals surface area contributed by atoms with Crippen molar-refractivity contribution in [2.24, 2.45) is 0 Å². The molecule has 0 saturated heterocycles. The van der Waals surface area contributed by atoms with Crippen molar-refractivity contribution in [2.75, 3.05) is 0 Å². The summed E-state index contributed by atoms with van der Waals surface area (Å²) < 4.78 is 5.12. The van der Waals surface area contributed by atoms with Crippen LogP contribution in [0.3, 0.4) is 0 Å². The van der Waals surface area contributed by atoms with Gasteiger partial charge in [-0.2, -0.15) is 0 Å². The van der Waals surface area contributed by atoms with Gasteiger partial charge in [-0.15, -0.1) is 0 Å². The van der Waals surface area contributed by atoms with Gasteiger partial charge >= 0.3 is 6.09 Å². The predicted molar refractivity (Wildman–Crippen MR) is 74.6 cm³/mol. The van der Waals surface area contributed by atoms with Gasteiger partial charge in [0, 0.05) is 6.54 Å². The zero-order chi connectivity index (χ0) is 13.9. The normalized spacial score (nSPS) is 15.1. The first-order chi connectivity index (χ1) is 8.94. The van der Waals surface area contributed by atoms with E-state index in [9.17, 15) is 4.79 Å². The molecule has 1 aromatic carbocycles. The van der Waals surface area contributed by atoms with E-state index in [1.54, 1.807) is 0 Å². The Morgan fingerprint density at radius 1 is 1.26 bits per heavy atom. The largest absolute Gasteiger partial charge is 0.443 e. The monoisotopic (exact) mass is 262 g/mol. The summed E-state index contributed by atoms with van der Waals surface area (Å²) in [5.74, 6) is 0.780. The van der Waals surface area contributed by atoms with Crippen molar-refractivity contribution in [1.82, 2.24) is 10.9 Å². The van der Waals surface area contributed by atoms with Crippen LogP contribution in [0.2, 0.25) is 0 Å². The van der Waals surface area contributed by atoms with E-state index in [1.807, 2.05) is 20.8 Å². The van der Waals surface area contributed by atoms with Crippen LogP contribution in [0.1, 0.15) is 50.7 Å². The average molecular weight is 262 g/mol. The summed E-state index contributed by atoms with van der Waals surface area (Å²) in [4.78, 5) is 11.4. The van der Waals surface area contributed by atoms with Crippen LogP contribution in [0.15, 0.2) is 24.3 Å². The summed E-state index contributed by atoms with van der Waals surface area (Å²) in [6.45, 7) is 6.10. The molecule has 0 bridgehead atoms. The number of ether oxygens (including phenoxy) is 1. The first-order valence-electron chi connectivity index (χ1n) is 6.75. The lowest BCUT2D eigenvalue weighted by Gasteiger charge is -2.19. The topological polar surface area (TPSA) is 50.4 Å². The molecule has 4 heteroatoms. The minimum absolute atomic E-state index is 0.456. The van der Waals surface area contributed by atoms with Gasteiger partial charge in [0.25, 0.3) is 0 Å². The molecule has 19 heavy (non-hydrogen) atoms. The highest BCUT2D eigenvalue weighted by Crippen LogP contribution is 2.39. The quantitative estimate of drug-likeness (QED) is 0.820. The average Bonchev–Trinajstić information content (AvgIpc) is 3.11. The zero-order valence-electron chi connectivity index (χ0n) is 11.8. The van der Waals surface area contributed by atoms with Crippen LogP contribution in [-0.4, -0.2) is 11.7 Å². The van der Waals surface area contributed by atoms with Crippen molar-refractivity contribution < 1.29 is 9.53 Å². The smallest absolute Gasteiger partial charge is 0.422 e. The maximum atomic E-state index is 11.4. The van der Waals surface area contributed by atoms with Gasteiger partial charge in [0.05, 0.1) is 0 Å². The summed E-state index contributed by atoms with van der Waals surface area (Å²) in [6.07, 6.45) is 2.18. The summed E-state index contributed by atoms with van der Waals surface area (Å²) in [7, 11) is 0. The lowest BCUT2D eigenvalue weighted by Crippen LogP contribution is -2.40. The lowest BCUT2D eigenvalue weighted by atomic mass is 10.1. The Morgan fingerprint density at radius 2 is 1.89 bits per heavy atom. The number of hydrogen-bond donors (Lipinski definition) is 2. The summed E-state index contributed by atoms with van der Waals surface area (Å²) >= 11 is 0. The van der Waals surface area contributed by atoms with Gasteiger partial charge in [-0.3, -0.25) is 5.43 Å². The van der Waals surface area contributed by atoms with E-state index in [2.05, 4.69) is 35.1 Å². The third-order valence-electron chi connectivity index (χ3n) is 2.91. The van der Waals surface area contributed by atoms with E-state index < -0.39 is 11.7 Å². The predicted octanol–water partition coefficient (Wildman–Crippen LogP) is 3.09. The van der Waals surface area contributed by atoms with Gasteiger partial charge in [0.2, 0.25) is 0 Å². The standard InChI is InChI=1S/C15H22N2O2/c1-15(2,3)19-14(18)17-16-10-11-4-6-12(7-5-11)13-8-9-13/h4-7,13,16H,8-10H2,1-3H3,(H,17,18). The molecule has 1 amide bonds. The first kappa shape index (κ1) is 13.9. The van der Waals surface area contributed by atoms with Crippen LogP contribution in [0, 0.1) is 0 Å². The fraction of sp³-hybridized carbons (Fsp3) is 0.533. The van der Waals surface area contributed by atoms with E-state index in [-0.39, 0.29) is 0 Å². The van der Waals surface area contributed by atoms with E-state index in [0.717, 1.165) is 11.5 Å². The second-order valence-electron chi connectivity index (χ2n) is 6.00. The summed E-state index contributed by atoms with van der Waals surface area (Å²) in [5.41, 5.74) is 7.48. The van der Waals surface area contributed by atoms with Crippen LogP contribution in [0.25, 0.3) is 0 Å². The SMILES string of the molecule is CC(C)(C)OC(=O)NNCc1ccc(C2CC2)cc1. The third kappa shape index (κ3) is 4.91. The molecule has 0 atom stereocenters. The van der Waals surface area contributed by atoms with Crippen molar-refractivity contribution in [1.29, 1.82) is 0 Å². The number of carbonyl (C=O) groups excluding carboxylic acids is 1. The van der Waals surface area contributed by atoms with Crippen LogP contribution in [0.4, 0.5) is 4.79 Å². The van der Waals surface area contributed by atoms with Gasteiger partial charge in [-0.1, -0.05) is 24.3 Å². The number of amides is 1. The van der Waals surface area contributed by atoms with E-state index >= 15 is 0 Å².